The first-order valence-electron chi connectivity index (χ1n) is 5.01. The molecule has 0 radical (unpaired) electrons. The first-order valence-corrected chi connectivity index (χ1v) is 5.01. The van der Waals surface area contributed by atoms with Crippen LogP contribution in [-0.2, 0) is 6.54 Å². The summed E-state index contributed by atoms with van der Waals surface area (Å²) >= 11 is 0. The van der Waals surface area contributed by atoms with Gasteiger partial charge in [-0.3, -0.25) is 4.79 Å². The second-order valence-corrected chi connectivity index (χ2v) is 3.48. The number of aliphatic hydroxyl groups is 1. The van der Waals surface area contributed by atoms with E-state index in [1.807, 2.05) is 13.8 Å². The molecule has 1 aromatic rings. The Morgan fingerprint density at radius 1 is 1.67 bits per heavy atom. The van der Waals surface area contributed by atoms with Crippen LogP contribution >= 0.6 is 0 Å². The molecule has 1 aromatic heterocycles. The molecule has 0 amide bonds. The lowest BCUT2D eigenvalue weighted by molar-refractivity contribution is 0.269. The maximum atomic E-state index is 11.8. The zero-order chi connectivity index (χ0) is 11.4. The molecule has 1 heterocycles. The molecule has 1 unspecified atom stereocenters. The minimum Gasteiger partial charge on any atom is -0.394 e. The second kappa shape index (κ2) is 4.93. The lowest BCUT2D eigenvalue weighted by atomic mass is 10.3. The molecule has 1 atom stereocenters. The third kappa shape index (κ3) is 2.36. The van der Waals surface area contributed by atoms with Gasteiger partial charge in [0.25, 0.3) is 5.56 Å². The number of nitrogens with zero attached hydrogens (tertiary/aromatic N) is 3. The van der Waals surface area contributed by atoms with E-state index in [1.54, 1.807) is 28.9 Å². The molecule has 1 N–H and O–H groups in total. The standard InChI is InChI=1S/C10H17N3O2/c1-4-13-6-5-11-9(10(13)15)12(3)8(2)7-14/h5-6,8,14H,4,7H2,1-3H3. The zero-order valence-corrected chi connectivity index (χ0v) is 9.34. The number of rotatable bonds is 4. The summed E-state index contributed by atoms with van der Waals surface area (Å²) in [6.07, 6.45) is 3.25. The smallest absolute Gasteiger partial charge is 0.293 e. The zero-order valence-electron chi connectivity index (χ0n) is 9.34. The second-order valence-electron chi connectivity index (χ2n) is 3.48. The van der Waals surface area contributed by atoms with Gasteiger partial charge in [-0.15, -0.1) is 0 Å². The molecular weight excluding hydrogens is 194 g/mol. The summed E-state index contributed by atoms with van der Waals surface area (Å²) in [4.78, 5) is 17.6. The van der Waals surface area contributed by atoms with Crippen molar-refractivity contribution < 1.29 is 5.11 Å². The van der Waals surface area contributed by atoms with Crippen LogP contribution in [-0.4, -0.2) is 34.4 Å². The molecule has 0 aliphatic carbocycles. The molecule has 0 spiro atoms. The molecule has 5 nitrogen and oxygen atoms in total. The number of likely N-dealkylation sites (N-methyl/N-ethyl adjacent to an activating group) is 1. The van der Waals surface area contributed by atoms with Gasteiger partial charge in [-0.2, -0.15) is 0 Å². The van der Waals surface area contributed by atoms with Crippen LogP contribution in [0.3, 0.4) is 0 Å². The van der Waals surface area contributed by atoms with Crippen LogP contribution in [0.4, 0.5) is 5.82 Å². The van der Waals surface area contributed by atoms with Crippen LogP contribution in [0.25, 0.3) is 0 Å². The van der Waals surface area contributed by atoms with Crippen LogP contribution < -0.4 is 10.5 Å². The van der Waals surface area contributed by atoms with E-state index in [1.165, 1.54) is 0 Å². The van der Waals surface area contributed by atoms with Crippen LogP contribution in [0.5, 0.6) is 0 Å². The highest BCUT2D eigenvalue weighted by Gasteiger charge is 2.14. The number of aliphatic hydroxyl groups excluding tert-OH is 1. The molecule has 0 saturated carbocycles. The lowest BCUT2D eigenvalue weighted by Gasteiger charge is -2.23. The van der Waals surface area contributed by atoms with E-state index in [4.69, 9.17) is 5.11 Å². The van der Waals surface area contributed by atoms with Crippen molar-refractivity contribution in [2.75, 3.05) is 18.6 Å². The molecular formula is C10H17N3O2. The Hall–Kier alpha value is -1.36. The summed E-state index contributed by atoms with van der Waals surface area (Å²) in [5, 5.41) is 9.01. The van der Waals surface area contributed by atoms with Gasteiger partial charge >= 0.3 is 0 Å². The average molecular weight is 211 g/mol. The Morgan fingerprint density at radius 3 is 2.87 bits per heavy atom. The van der Waals surface area contributed by atoms with Gasteiger partial charge in [-0.05, 0) is 13.8 Å². The Bertz CT molecular complexity index is 375. The van der Waals surface area contributed by atoms with Gasteiger partial charge in [0.2, 0.25) is 0 Å². The fourth-order valence-electron chi connectivity index (χ4n) is 1.26. The number of aromatic nitrogens is 2. The molecule has 0 fully saturated rings. The largest absolute Gasteiger partial charge is 0.394 e. The van der Waals surface area contributed by atoms with E-state index in [0.29, 0.717) is 12.4 Å². The Labute approximate surface area is 89.0 Å². The van der Waals surface area contributed by atoms with E-state index >= 15 is 0 Å². The molecule has 1 rings (SSSR count). The van der Waals surface area contributed by atoms with Crippen molar-refractivity contribution in [1.82, 2.24) is 9.55 Å². The fourth-order valence-corrected chi connectivity index (χ4v) is 1.26. The van der Waals surface area contributed by atoms with E-state index < -0.39 is 0 Å². The number of aryl methyl sites for hydroxylation is 1. The predicted molar refractivity (Wildman–Crippen MR) is 59.1 cm³/mol. The van der Waals surface area contributed by atoms with E-state index in [-0.39, 0.29) is 18.2 Å². The van der Waals surface area contributed by atoms with Crippen LogP contribution in [0.1, 0.15) is 13.8 Å². The molecule has 0 aliphatic heterocycles. The van der Waals surface area contributed by atoms with Crippen molar-refractivity contribution in [3.63, 3.8) is 0 Å². The molecule has 84 valence electrons. The molecule has 5 heteroatoms. The van der Waals surface area contributed by atoms with Crippen LogP contribution in [0, 0.1) is 0 Å². The van der Waals surface area contributed by atoms with Crippen molar-refractivity contribution in [1.29, 1.82) is 0 Å². The quantitative estimate of drug-likeness (QED) is 0.766. The van der Waals surface area contributed by atoms with Gasteiger partial charge in [-0.1, -0.05) is 0 Å². The summed E-state index contributed by atoms with van der Waals surface area (Å²) in [5.74, 6) is 0.376. The lowest BCUT2D eigenvalue weighted by Crippen LogP contribution is -2.38. The van der Waals surface area contributed by atoms with E-state index in [9.17, 15) is 4.79 Å². The van der Waals surface area contributed by atoms with Crippen molar-refractivity contribution in [3.05, 3.63) is 22.7 Å². The van der Waals surface area contributed by atoms with Crippen LogP contribution in [0.2, 0.25) is 0 Å². The predicted octanol–water partition coefficient (Wildman–Crippen LogP) is 0.0802. The van der Waals surface area contributed by atoms with Gasteiger partial charge in [0.1, 0.15) is 0 Å². The van der Waals surface area contributed by atoms with Gasteiger partial charge in [0.05, 0.1) is 12.6 Å². The van der Waals surface area contributed by atoms with Crippen molar-refractivity contribution in [2.24, 2.45) is 0 Å². The SMILES string of the molecule is CCn1ccnc(N(C)C(C)CO)c1=O. The summed E-state index contributed by atoms with van der Waals surface area (Å²) in [6, 6.07) is -0.113. The molecule has 15 heavy (non-hydrogen) atoms. The third-order valence-electron chi connectivity index (χ3n) is 2.50. The normalized spacial score (nSPS) is 12.5. The van der Waals surface area contributed by atoms with Gasteiger partial charge < -0.3 is 14.6 Å². The molecule has 0 aliphatic rings. The third-order valence-corrected chi connectivity index (χ3v) is 2.50. The topological polar surface area (TPSA) is 58.4 Å². The van der Waals surface area contributed by atoms with Crippen molar-refractivity contribution >= 4 is 5.82 Å². The molecule has 0 saturated heterocycles. The van der Waals surface area contributed by atoms with E-state index in [2.05, 4.69) is 4.98 Å². The minimum absolute atomic E-state index is 0.00135. The highest BCUT2D eigenvalue weighted by Crippen LogP contribution is 2.04. The Balaban J connectivity index is 3.09. The highest BCUT2D eigenvalue weighted by molar-refractivity contribution is 5.35. The van der Waals surface area contributed by atoms with Gasteiger partial charge in [0.15, 0.2) is 5.82 Å². The van der Waals surface area contributed by atoms with E-state index in [0.717, 1.165) is 0 Å². The average Bonchev–Trinajstić information content (AvgIpc) is 2.27. The maximum Gasteiger partial charge on any atom is 0.293 e. The van der Waals surface area contributed by atoms with Gasteiger partial charge in [0, 0.05) is 26.0 Å². The highest BCUT2D eigenvalue weighted by atomic mass is 16.3. The Morgan fingerprint density at radius 2 is 2.33 bits per heavy atom. The molecule has 0 aromatic carbocycles. The molecule has 0 bridgehead atoms. The minimum atomic E-state index is -0.122. The number of anilines is 1. The first kappa shape index (κ1) is 11.7. The maximum absolute atomic E-state index is 11.8. The summed E-state index contributed by atoms with van der Waals surface area (Å²) in [5.41, 5.74) is -0.122. The summed E-state index contributed by atoms with van der Waals surface area (Å²) in [7, 11) is 1.75. The summed E-state index contributed by atoms with van der Waals surface area (Å²) in [6.45, 7) is 4.36. The first-order chi connectivity index (χ1) is 7.11. The Kier molecular flexibility index (Phi) is 3.85. The number of hydrogen-bond acceptors (Lipinski definition) is 4. The number of hydrogen-bond donors (Lipinski definition) is 1. The van der Waals surface area contributed by atoms with Crippen molar-refractivity contribution in [2.45, 2.75) is 26.4 Å². The van der Waals surface area contributed by atoms with Crippen molar-refractivity contribution in [3.8, 4) is 0 Å². The van der Waals surface area contributed by atoms with Gasteiger partial charge in [-0.25, -0.2) is 4.98 Å². The van der Waals surface area contributed by atoms with Crippen LogP contribution in [0.15, 0.2) is 17.2 Å². The monoisotopic (exact) mass is 211 g/mol. The fraction of sp³-hybridized carbons (Fsp3) is 0.600. The summed E-state index contributed by atoms with van der Waals surface area (Å²) < 4.78 is 1.59.